The molecule has 3 rings (SSSR count). The van der Waals surface area contributed by atoms with Crippen LogP contribution >= 0.6 is 0 Å². The van der Waals surface area contributed by atoms with Crippen molar-refractivity contribution in [2.24, 2.45) is 0 Å². The van der Waals surface area contributed by atoms with Crippen molar-refractivity contribution in [3.05, 3.63) is 22.2 Å². The van der Waals surface area contributed by atoms with E-state index in [0.717, 1.165) is 6.07 Å². The first kappa shape index (κ1) is 16.4. The van der Waals surface area contributed by atoms with Gasteiger partial charge in [0.25, 0.3) is 0 Å². The lowest BCUT2D eigenvalue weighted by molar-refractivity contribution is -0.383. The van der Waals surface area contributed by atoms with Crippen LogP contribution in [0.1, 0.15) is 0 Å². The first-order valence-corrected chi connectivity index (χ1v) is 6.86. The molecule has 1 aromatic heterocycles. The summed E-state index contributed by atoms with van der Waals surface area (Å²) in [5.41, 5.74) is -0.330. The number of aliphatic hydroxyl groups is 3. The fourth-order valence-corrected chi connectivity index (χ4v) is 2.53. The minimum Gasteiger partial charge on any atom is -0.388 e. The Balaban J connectivity index is 1.91. The number of ether oxygens (including phenoxy) is 1. The maximum Gasteiger partial charge on any atom is 0.300 e. The molecular weight excluding hydrogens is 331 g/mol. The van der Waals surface area contributed by atoms with E-state index in [1.807, 2.05) is 0 Å². The molecule has 1 saturated heterocycles. The lowest BCUT2D eigenvalue weighted by Crippen LogP contribution is -2.60. The third kappa shape index (κ3) is 2.65. The summed E-state index contributed by atoms with van der Waals surface area (Å²) in [6.07, 6.45) is -6.12. The van der Waals surface area contributed by atoms with Crippen LogP contribution in [0.25, 0.3) is 11.0 Å². The van der Waals surface area contributed by atoms with E-state index in [0.29, 0.717) is 0 Å². The normalized spacial score (nSPS) is 30.4. The molecule has 0 aliphatic carbocycles. The molecule has 12 heteroatoms. The molecular formula is C12H13FN4O7. The predicted octanol–water partition coefficient (Wildman–Crippen LogP) is -0.680. The Morgan fingerprint density at radius 2 is 1.96 bits per heavy atom. The molecule has 1 aliphatic heterocycles. The molecule has 5 unspecified atom stereocenters. The Morgan fingerprint density at radius 3 is 2.62 bits per heavy atom. The number of hydrogen-bond acceptors (Lipinski definition) is 10. The van der Waals surface area contributed by atoms with Gasteiger partial charge < -0.3 is 25.4 Å². The van der Waals surface area contributed by atoms with Gasteiger partial charge in [-0.1, -0.05) is 0 Å². The predicted molar refractivity (Wildman–Crippen MR) is 74.7 cm³/mol. The standard InChI is InChI=1S/C12H13FN4O7/c13-3-6-10(18)11(19)9(12(20)23-6)14-4-1-2-5(17(21)22)8-7(4)15-24-16-8/h1-2,6,9-12,14,18-20H,3H2. The zero-order valence-electron chi connectivity index (χ0n) is 11.9. The van der Waals surface area contributed by atoms with Crippen LogP contribution in [-0.4, -0.2) is 67.9 Å². The zero-order valence-corrected chi connectivity index (χ0v) is 11.9. The second-order valence-corrected chi connectivity index (χ2v) is 5.22. The van der Waals surface area contributed by atoms with Crippen LogP contribution in [0, 0.1) is 10.1 Å². The van der Waals surface area contributed by atoms with Gasteiger partial charge in [-0.15, -0.1) is 0 Å². The number of nitrogens with one attached hydrogen (secondary N) is 1. The first-order chi connectivity index (χ1) is 11.4. The number of non-ortho nitro benzene ring substituents is 1. The van der Waals surface area contributed by atoms with Gasteiger partial charge in [0.2, 0.25) is 5.52 Å². The van der Waals surface area contributed by atoms with Crippen LogP contribution in [0.3, 0.4) is 0 Å². The summed E-state index contributed by atoms with van der Waals surface area (Å²) in [5, 5.41) is 50.3. The summed E-state index contributed by atoms with van der Waals surface area (Å²) in [4.78, 5) is 10.3. The van der Waals surface area contributed by atoms with Gasteiger partial charge in [0.05, 0.1) is 10.6 Å². The number of nitrogens with zero attached hydrogens (tertiary/aromatic N) is 3. The summed E-state index contributed by atoms with van der Waals surface area (Å²) < 4.78 is 22.1. The van der Waals surface area contributed by atoms with Crippen LogP contribution in [0.15, 0.2) is 16.8 Å². The van der Waals surface area contributed by atoms with E-state index in [9.17, 15) is 29.8 Å². The number of rotatable bonds is 4. The minimum absolute atomic E-state index is 0.00861. The largest absolute Gasteiger partial charge is 0.388 e. The van der Waals surface area contributed by atoms with Gasteiger partial charge in [-0.3, -0.25) is 10.1 Å². The van der Waals surface area contributed by atoms with Crippen molar-refractivity contribution in [3.8, 4) is 0 Å². The molecule has 2 heterocycles. The molecule has 11 nitrogen and oxygen atoms in total. The third-order valence-electron chi connectivity index (χ3n) is 3.79. The van der Waals surface area contributed by atoms with Gasteiger partial charge in [-0.05, 0) is 16.4 Å². The van der Waals surface area contributed by atoms with E-state index in [1.54, 1.807) is 0 Å². The third-order valence-corrected chi connectivity index (χ3v) is 3.79. The van der Waals surface area contributed by atoms with Crippen molar-refractivity contribution in [1.29, 1.82) is 0 Å². The number of halogens is 1. The van der Waals surface area contributed by atoms with E-state index in [-0.39, 0.29) is 22.4 Å². The minimum atomic E-state index is -1.63. The van der Waals surface area contributed by atoms with Crippen molar-refractivity contribution in [2.45, 2.75) is 30.6 Å². The quantitative estimate of drug-likeness (QED) is 0.412. The second kappa shape index (κ2) is 6.24. The molecule has 1 aromatic carbocycles. The average molecular weight is 344 g/mol. The first-order valence-electron chi connectivity index (χ1n) is 6.86. The monoisotopic (exact) mass is 344 g/mol. The maximum atomic E-state index is 12.7. The van der Waals surface area contributed by atoms with Crippen molar-refractivity contribution < 1.29 is 34.0 Å². The molecule has 130 valence electrons. The van der Waals surface area contributed by atoms with Crippen LogP contribution in [0.2, 0.25) is 0 Å². The van der Waals surface area contributed by atoms with Crippen molar-refractivity contribution in [1.82, 2.24) is 10.3 Å². The van der Waals surface area contributed by atoms with Gasteiger partial charge in [0.15, 0.2) is 11.8 Å². The lowest BCUT2D eigenvalue weighted by atomic mass is 9.97. The molecule has 5 atom stereocenters. The molecule has 0 radical (unpaired) electrons. The van der Waals surface area contributed by atoms with Crippen molar-refractivity contribution in [2.75, 3.05) is 12.0 Å². The topological polar surface area (TPSA) is 164 Å². The van der Waals surface area contributed by atoms with E-state index in [2.05, 4.69) is 20.3 Å². The smallest absolute Gasteiger partial charge is 0.300 e. The van der Waals surface area contributed by atoms with E-state index in [4.69, 9.17) is 4.74 Å². The number of fused-ring (bicyclic) bond motifs is 1. The summed E-state index contributed by atoms with van der Waals surface area (Å²) in [7, 11) is 0. The fourth-order valence-electron chi connectivity index (χ4n) is 2.53. The number of aromatic nitrogens is 2. The maximum absolute atomic E-state index is 12.7. The SMILES string of the molecule is O=[N+]([O-])c1ccc(NC2C(O)OC(CF)C(O)C2O)c2nonc12. The molecule has 0 spiro atoms. The fraction of sp³-hybridized carbons (Fsp3) is 0.500. The Bertz CT molecular complexity index is 756. The van der Waals surface area contributed by atoms with Crippen LogP contribution in [0.5, 0.6) is 0 Å². The Hall–Kier alpha value is -2.41. The van der Waals surface area contributed by atoms with Gasteiger partial charge in [0, 0.05) is 6.07 Å². The zero-order chi connectivity index (χ0) is 17.4. The number of hydrogen-bond donors (Lipinski definition) is 4. The highest BCUT2D eigenvalue weighted by Gasteiger charge is 2.44. The van der Waals surface area contributed by atoms with Gasteiger partial charge in [-0.25, -0.2) is 9.02 Å². The Morgan fingerprint density at radius 1 is 1.25 bits per heavy atom. The number of nitro groups is 1. The van der Waals surface area contributed by atoms with Crippen LogP contribution in [0.4, 0.5) is 15.8 Å². The average Bonchev–Trinajstić information content (AvgIpc) is 3.04. The molecule has 0 amide bonds. The van der Waals surface area contributed by atoms with E-state index in [1.165, 1.54) is 6.07 Å². The molecule has 0 saturated carbocycles. The summed E-state index contributed by atoms with van der Waals surface area (Å²) in [5.74, 6) is 0. The molecule has 1 aliphatic rings. The van der Waals surface area contributed by atoms with E-state index >= 15 is 0 Å². The van der Waals surface area contributed by atoms with Gasteiger partial charge in [0.1, 0.15) is 31.0 Å². The highest BCUT2D eigenvalue weighted by atomic mass is 19.1. The Kier molecular flexibility index (Phi) is 4.28. The number of nitro benzene ring substituents is 1. The lowest BCUT2D eigenvalue weighted by Gasteiger charge is -2.40. The van der Waals surface area contributed by atoms with Crippen LogP contribution in [-0.2, 0) is 4.74 Å². The molecule has 4 N–H and O–H groups in total. The highest BCUT2D eigenvalue weighted by molar-refractivity contribution is 5.93. The van der Waals surface area contributed by atoms with Gasteiger partial charge >= 0.3 is 5.69 Å². The number of aliphatic hydroxyl groups excluding tert-OH is 3. The molecule has 1 fully saturated rings. The Labute approximate surface area is 132 Å². The van der Waals surface area contributed by atoms with E-state index < -0.39 is 42.2 Å². The summed E-state index contributed by atoms with van der Waals surface area (Å²) in [6, 6.07) is 1.18. The van der Waals surface area contributed by atoms with Crippen LogP contribution < -0.4 is 5.32 Å². The number of alkyl halides is 1. The number of anilines is 1. The molecule has 0 bridgehead atoms. The summed E-state index contributed by atoms with van der Waals surface area (Å²) >= 11 is 0. The highest BCUT2D eigenvalue weighted by Crippen LogP contribution is 2.31. The number of benzene rings is 1. The van der Waals surface area contributed by atoms with Crippen molar-refractivity contribution >= 4 is 22.4 Å². The summed E-state index contributed by atoms with van der Waals surface area (Å²) in [6.45, 7) is -1.09. The van der Waals surface area contributed by atoms with Gasteiger partial charge in [-0.2, -0.15) is 0 Å². The molecule has 2 aromatic rings. The molecule has 24 heavy (non-hydrogen) atoms. The second-order valence-electron chi connectivity index (χ2n) is 5.22. The van der Waals surface area contributed by atoms with Crippen molar-refractivity contribution in [3.63, 3.8) is 0 Å².